The lowest BCUT2D eigenvalue weighted by atomic mass is 9.88. The molecular formula is C41H42ClF4N11O. The molecule has 12 nitrogen and oxygen atoms in total. The lowest BCUT2D eigenvalue weighted by Gasteiger charge is -2.22. The van der Waals surface area contributed by atoms with Crippen LogP contribution in [0.25, 0.3) is 5.69 Å². The number of nitrogens with one attached hydrogen (secondary N) is 2. The molecule has 0 saturated carbocycles. The van der Waals surface area contributed by atoms with E-state index < -0.39 is 23.3 Å². The zero-order valence-corrected chi connectivity index (χ0v) is 34.0. The fourth-order valence-corrected chi connectivity index (χ4v) is 7.72. The topological polar surface area (TPSA) is 122 Å². The molecule has 2 aliphatic rings. The summed E-state index contributed by atoms with van der Waals surface area (Å²) in [5.74, 6) is 0.604. The van der Waals surface area contributed by atoms with Gasteiger partial charge in [0.05, 0.1) is 18.5 Å². The third kappa shape index (κ3) is 7.32. The predicted octanol–water partition coefficient (Wildman–Crippen LogP) is 8.59. The second-order valence-corrected chi connectivity index (χ2v) is 15.6. The number of rotatable bonds is 8. The zero-order chi connectivity index (χ0) is 41.7. The van der Waals surface area contributed by atoms with Crippen molar-refractivity contribution < 1.29 is 22.3 Å². The summed E-state index contributed by atoms with van der Waals surface area (Å²) in [5.41, 5.74) is 2.97. The van der Waals surface area contributed by atoms with E-state index in [4.69, 9.17) is 26.3 Å². The molecule has 8 rings (SSSR count). The molecule has 0 amide bonds. The van der Waals surface area contributed by atoms with Gasteiger partial charge in [-0.15, -0.1) is 0 Å². The minimum atomic E-state index is -0.896. The molecule has 302 valence electrons. The first-order valence-electron chi connectivity index (χ1n) is 18.4. The molecule has 0 fully saturated rings. The van der Waals surface area contributed by atoms with E-state index in [1.54, 1.807) is 48.1 Å². The molecule has 2 N–H and O–H groups in total. The monoisotopic (exact) mass is 815 g/mol. The summed E-state index contributed by atoms with van der Waals surface area (Å²) in [6.07, 6.45) is 2.05. The Morgan fingerprint density at radius 1 is 0.741 bits per heavy atom. The van der Waals surface area contributed by atoms with Crippen molar-refractivity contribution in [1.29, 1.82) is 0 Å². The van der Waals surface area contributed by atoms with E-state index in [1.807, 2.05) is 52.8 Å². The van der Waals surface area contributed by atoms with Gasteiger partial charge in [0.15, 0.2) is 23.3 Å². The fourth-order valence-electron chi connectivity index (χ4n) is 7.56. The van der Waals surface area contributed by atoms with Crippen LogP contribution < -0.4 is 25.2 Å². The Kier molecular flexibility index (Phi) is 10.7. The smallest absolute Gasteiger partial charge is 0.226 e. The highest BCUT2D eigenvalue weighted by Gasteiger charge is 2.42. The van der Waals surface area contributed by atoms with Crippen molar-refractivity contribution in [3.05, 3.63) is 118 Å². The van der Waals surface area contributed by atoms with Gasteiger partial charge in [-0.05, 0) is 60.5 Å². The van der Waals surface area contributed by atoms with Crippen LogP contribution in [0.4, 0.5) is 52.2 Å². The summed E-state index contributed by atoms with van der Waals surface area (Å²) in [6.45, 7) is 10.8. The van der Waals surface area contributed by atoms with Crippen molar-refractivity contribution in [1.82, 2.24) is 34.7 Å². The number of nitrogens with zero attached hydrogens (tertiary/aromatic N) is 9. The Morgan fingerprint density at radius 2 is 1.29 bits per heavy atom. The number of aryl methyl sites for hydroxylation is 1. The second kappa shape index (κ2) is 15.4. The van der Waals surface area contributed by atoms with Crippen LogP contribution in [0.1, 0.15) is 56.0 Å². The van der Waals surface area contributed by atoms with E-state index in [0.29, 0.717) is 60.2 Å². The van der Waals surface area contributed by atoms with Crippen molar-refractivity contribution in [2.45, 2.75) is 51.9 Å². The number of methoxy groups -OCH3 is 1. The number of ether oxygens (including phenoxy) is 1. The largest absolute Gasteiger partial charge is 0.494 e. The lowest BCUT2D eigenvalue weighted by Crippen LogP contribution is -2.26. The Bertz CT molecular complexity index is 2530. The Hall–Kier alpha value is -6.03. The van der Waals surface area contributed by atoms with Gasteiger partial charge >= 0.3 is 0 Å². The molecule has 0 unspecified atom stereocenters. The van der Waals surface area contributed by atoms with Gasteiger partial charge in [0.25, 0.3) is 0 Å². The molecule has 0 saturated heterocycles. The van der Waals surface area contributed by atoms with Gasteiger partial charge in [0.2, 0.25) is 5.28 Å². The average molecular weight is 816 g/mol. The molecule has 0 radical (unpaired) electrons. The predicted molar refractivity (Wildman–Crippen MR) is 216 cm³/mol. The third-order valence-corrected chi connectivity index (χ3v) is 10.3. The highest BCUT2D eigenvalue weighted by molar-refractivity contribution is 6.28. The van der Waals surface area contributed by atoms with Crippen LogP contribution in [-0.4, -0.2) is 69.0 Å². The molecule has 2 aliphatic heterocycles. The van der Waals surface area contributed by atoms with Crippen LogP contribution in [0.5, 0.6) is 5.75 Å². The quantitative estimate of drug-likeness (QED) is 0.114. The summed E-state index contributed by atoms with van der Waals surface area (Å²) in [4.78, 5) is 25.6. The molecule has 58 heavy (non-hydrogen) atoms. The summed E-state index contributed by atoms with van der Waals surface area (Å²) in [5, 5.41) is 10.6. The van der Waals surface area contributed by atoms with Gasteiger partial charge in [-0.1, -0.05) is 45.9 Å². The molecule has 0 atom stereocenters. The normalized spacial score (nSPS) is 14.8. The van der Waals surface area contributed by atoms with Gasteiger partial charge < -0.3 is 25.2 Å². The Labute approximate surface area is 338 Å². The van der Waals surface area contributed by atoms with E-state index >= 15 is 0 Å². The second-order valence-electron chi connectivity index (χ2n) is 15.2. The summed E-state index contributed by atoms with van der Waals surface area (Å²) >= 11 is 5.97. The SMILES string of the molecule is CNc1nc(Cc2ccc(-n3cnc(C)n3)c(OC)c2)nc2c1C(C)(C)CN2c1cccc(F)c1F.CNc1nc(Cl)nc2c1C(C)(C)CN2c1cccc(F)c1F. The van der Waals surface area contributed by atoms with Crippen LogP contribution in [0.15, 0.2) is 60.9 Å². The summed E-state index contributed by atoms with van der Waals surface area (Å²) in [6, 6.07) is 14.1. The highest BCUT2D eigenvalue weighted by Crippen LogP contribution is 2.48. The minimum absolute atomic E-state index is 0.0580. The minimum Gasteiger partial charge on any atom is -0.494 e. The summed E-state index contributed by atoms with van der Waals surface area (Å²) < 4.78 is 63.9. The first-order chi connectivity index (χ1) is 27.6. The molecule has 3 aromatic heterocycles. The maximum atomic E-state index is 14.8. The van der Waals surface area contributed by atoms with Gasteiger partial charge in [0.1, 0.15) is 52.7 Å². The number of hydrogen-bond acceptors (Lipinski definition) is 11. The highest BCUT2D eigenvalue weighted by atomic mass is 35.5. The molecule has 6 aromatic rings. The number of aromatic nitrogens is 7. The first-order valence-corrected chi connectivity index (χ1v) is 18.8. The Balaban J connectivity index is 0.000000199. The maximum Gasteiger partial charge on any atom is 0.226 e. The standard InChI is InChI=1S/C26H27F2N7O.C15H15ClF2N4/c1-15-30-14-35(33-15)18-10-9-16(11-20(18)36-5)12-21-31-24(29-4)22-25(32-21)34(13-26(22,2)3)19-8-6-7-17(27)23(19)28;1-15(2)7-22(9-6-4-5-8(17)11(9)18)13-10(15)12(19-3)20-14(16)21-13/h6-11,14H,12-13H2,1-5H3,(H,29,31,32);4-6H,7H2,1-3H3,(H,19,20,21). The number of hydrogen-bond donors (Lipinski definition) is 2. The molecule has 5 heterocycles. The van der Waals surface area contributed by atoms with E-state index in [1.165, 1.54) is 18.2 Å². The number of halogens is 5. The van der Waals surface area contributed by atoms with Crippen molar-refractivity contribution in [3.63, 3.8) is 0 Å². The number of fused-ring (bicyclic) bond motifs is 2. The van der Waals surface area contributed by atoms with E-state index in [2.05, 4.69) is 30.7 Å². The third-order valence-electron chi connectivity index (χ3n) is 10.1. The summed E-state index contributed by atoms with van der Waals surface area (Å²) in [7, 11) is 5.14. The van der Waals surface area contributed by atoms with Crippen molar-refractivity contribution >= 4 is 46.2 Å². The molecule has 3 aromatic carbocycles. The lowest BCUT2D eigenvalue weighted by molar-refractivity contribution is 0.411. The molecule has 0 spiro atoms. The van der Waals surface area contributed by atoms with Gasteiger partial charge in [0, 0.05) is 55.6 Å². The first kappa shape index (κ1) is 40.2. The number of benzene rings is 3. The molecule has 0 aliphatic carbocycles. The van der Waals surface area contributed by atoms with Gasteiger partial charge in [-0.3, -0.25) is 0 Å². The fraction of sp³-hybridized carbons (Fsp3) is 0.317. The van der Waals surface area contributed by atoms with E-state index in [-0.39, 0.29) is 27.5 Å². The van der Waals surface area contributed by atoms with E-state index in [0.717, 1.165) is 34.5 Å². The van der Waals surface area contributed by atoms with Crippen LogP contribution in [0.3, 0.4) is 0 Å². The number of anilines is 6. The molecule has 17 heteroatoms. The zero-order valence-electron chi connectivity index (χ0n) is 33.2. The Morgan fingerprint density at radius 3 is 1.81 bits per heavy atom. The van der Waals surface area contributed by atoms with Crippen LogP contribution in [0.2, 0.25) is 5.28 Å². The molecule has 0 bridgehead atoms. The van der Waals surface area contributed by atoms with Crippen LogP contribution in [0, 0.1) is 30.2 Å². The van der Waals surface area contributed by atoms with Crippen molar-refractivity contribution in [2.75, 3.05) is 54.7 Å². The van der Waals surface area contributed by atoms with Crippen molar-refractivity contribution in [2.24, 2.45) is 0 Å². The van der Waals surface area contributed by atoms with Crippen molar-refractivity contribution in [3.8, 4) is 11.4 Å². The molecular weight excluding hydrogens is 774 g/mol. The van der Waals surface area contributed by atoms with Gasteiger partial charge in [-0.25, -0.2) is 42.2 Å². The van der Waals surface area contributed by atoms with Crippen LogP contribution in [-0.2, 0) is 17.3 Å². The maximum absolute atomic E-state index is 14.8. The van der Waals surface area contributed by atoms with Crippen LogP contribution >= 0.6 is 11.6 Å². The average Bonchev–Trinajstić information content (AvgIpc) is 3.83. The van der Waals surface area contributed by atoms with Gasteiger partial charge in [-0.2, -0.15) is 10.1 Å². The van der Waals surface area contributed by atoms with E-state index in [9.17, 15) is 17.6 Å².